The number of hydrogen-bond acceptors (Lipinski definition) is 5. The van der Waals surface area contributed by atoms with E-state index in [1.807, 2.05) is 47.8 Å². The van der Waals surface area contributed by atoms with Crippen molar-refractivity contribution in [2.75, 3.05) is 44.9 Å². The van der Waals surface area contributed by atoms with Crippen LogP contribution in [0.4, 0.5) is 5.69 Å². The van der Waals surface area contributed by atoms with Crippen molar-refractivity contribution in [3.05, 3.63) is 52.5 Å². The number of hydrogen-bond donors (Lipinski definition) is 1. The molecule has 1 aliphatic rings. The Morgan fingerprint density at radius 3 is 2.68 bits per heavy atom. The number of nitrogens with zero attached hydrogens (tertiary/aromatic N) is 4. The Hall–Kier alpha value is -1.65. The third-order valence-electron chi connectivity index (χ3n) is 4.78. The van der Waals surface area contributed by atoms with Crippen LogP contribution in [-0.4, -0.2) is 62.4 Å². The summed E-state index contributed by atoms with van der Waals surface area (Å²) in [6.45, 7) is 2.46. The van der Waals surface area contributed by atoms with Crippen molar-refractivity contribution < 1.29 is 22.0 Å². The van der Waals surface area contributed by atoms with E-state index in [0.717, 1.165) is 45.3 Å². The average Bonchev–Trinajstić information content (AvgIpc) is 2.98. The third-order valence-corrected chi connectivity index (χ3v) is 6.94. The molecule has 0 spiro atoms. The van der Waals surface area contributed by atoms with Gasteiger partial charge in [-0.1, -0.05) is 23.4 Å². The van der Waals surface area contributed by atoms with Gasteiger partial charge in [0.1, 0.15) is 0 Å². The first-order chi connectivity index (χ1) is 14.5. The number of aryl methyl sites for hydroxylation is 1. The predicted octanol–water partition coefficient (Wildman–Crippen LogP) is 3.31. The van der Waals surface area contributed by atoms with Crippen molar-refractivity contribution in [2.24, 2.45) is 0 Å². The minimum atomic E-state index is -3.99. The second-order valence-corrected chi connectivity index (χ2v) is 11.6. The number of benzene rings is 1. The van der Waals surface area contributed by atoms with E-state index in [2.05, 4.69) is 30.7 Å². The topological polar surface area (TPSA) is 74.4 Å². The molecule has 2 heterocycles. The molecule has 0 saturated heterocycles. The number of fused-ring (bicyclic) bond motifs is 1. The highest BCUT2D eigenvalue weighted by Crippen LogP contribution is 2.47. The van der Waals surface area contributed by atoms with Gasteiger partial charge in [0.05, 0.1) is 56.9 Å². The van der Waals surface area contributed by atoms with Crippen molar-refractivity contribution in [1.82, 2.24) is 4.98 Å². The second kappa shape index (κ2) is 9.87. The zero-order valence-electron chi connectivity index (χ0n) is 18.0. The molecule has 0 aliphatic carbocycles. The molecule has 1 aliphatic heterocycles. The van der Waals surface area contributed by atoms with E-state index in [9.17, 15) is 8.42 Å². The van der Waals surface area contributed by atoms with Crippen molar-refractivity contribution in [1.29, 1.82) is 0 Å². The van der Waals surface area contributed by atoms with Gasteiger partial charge in [0, 0.05) is 35.0 Å². The van der Waals surface area contributed by atoms with Gasteiger partial charge in [-0.05, 0) is 29.6 Å². The maximum atomic E-state index is 11.1. The molecule has 0 fully saturated rings. The fourth-order valence-corrected chi connectivity index (χ4v) is 5.06. The van der Waals surface area contributed by atoms with E-state index < -0.39 is 10.1 Å². The molecule has 168 valence electrons. The Morgan fingerprint density at radius 1 is 1.26 bits per heavy atom. The van der Waals surface area contributed by atoms with Crippen LogP contribution in [0.2, 0.25) is 5.02 Å². The molecule has 10 heteroatoms. The Labute approximate surface area is 193 Å². The number of quaternary nitrogens is 1. The molecule has 0 unspecified atom stereocenters. The van der Waals surface area contributed by atoms with Gasteiger partial charge < -0.3 is 9.38 Å². The van der Waals surface area contributed by atoms with Crippen LogP contribution < -0.4 is 9.47 Å². The molecule has 0 bridgehead atoms. The molecular weight excluding hydrogens is 456 g/mol. The molecule has 0 atom stereocenters. The van der Waals surface area contributed by atoms with Crippen LogP contribution in [0.1, 0.15) is 18.5 Å². The number of halogens is 1. The lowest BCUT2D eigenvalue weighted by atomic mass is 10.2. The molecular formula is C21H29ClN4O3S2+2. The van der Waals surface area contributed by atoms with Crippen molar-refractivity contribution >= 4 is 45.2 Å². The lowest BCUT2D eigenvalue weighted by molar-refractivity contribution is -0.873. The summed E-state index contributed by atoms with van der Waals surface area (Å²) in [6, 6.07) is 7.65. The maximum absolute atomic E-state index is 11.1. The zero-order valence-corrected chi connectivity index (χ0v) is 20.4. The van der Waals surface area contributed by atoms with Crippen molar-refractivity contribution in [3.8, 4) is 0 Å². The minimum Gasteiger partial charge on any atom is -0.335 e. The van der Waals surface area contributed by atoms with Crippen LogP contribution in [0.3, 0.4) is 0 Å². The first-order valence-electron chi connectivity index (χ1n) is 10.1. The van der Waals surface area contributed by atoms with Crippen LogP contribution >= 0.6 is 23.4 Å². The fraction of sp³-hybridized carbons (Fsp3) is 0.429. The average molecular weight is 485 g/mol. The van der Waals surface area contributed by atoms with E-state index in [-0.39, 0.29) is 5.75 Å². The summed E-state index contributed by atoms with van der Waals surface area (Å²) in [5.41, 5.74) is 1.76. The van der Waals surface area contributed by atoms with Crippen LogP contribution in [0.5, 0.6) is 0 Å². The zero-order chi connectivity index (χ0) is 22.6. The van der Waals surface area contributed by atoms with Gasteiger partial charge in [-0.15, -0.1) is 0 Å². The molecule has 0 saturated carbocycles. The van der Waals surface area contributed by atoms with Crippen LogP contribution in [0, 0.1) is 0 Å². The Bertz CT molecular complexity index is 1050. The molecule has 7 nitrogen and oxygen atoms in total. The van der Waals surface area contributed by atoms with Gasteiger partial charge in [-0.25, -0.2) is 4.57 Å². The predicted molar refractivity (Wildman–Crippen MR) is 126 cm³/mol. The normalized spacial score (nSPS) is 15.5. The van der Waals surface area contributed by atoms with Gasteiger partial charge in [0.15, 0.2) is 5.69 Å². The largest absolute Gasteiger partial charge is 0.335 e. The highest BCUT2D eigenvalue weighted by Gasteiger charge is 2.26. The Kier molecular flexibility index (Phi) is 7.64. The van der Waals surface area contributed by atoms with E-state index in [1.54, 1.807) is 11.8 Å². The van der Waals surface area contributed by atoms with Gasteiger partial charge >= 0.3 is 0 Å². The van der Waals surface area contributed by atoms with Crippen molar-refractivity contribution in [2.45, 2.75) is 24.3 Å². The van der Waals surface area contributed by atoms with Crippen LogP contribution in [0.25, 0.3) is 6.08 Å². The summed E-state index contributed by atoms with van der Waals surface area (Å²) >= 11 is 7.78. The molecule has 2 aromatic rings. The summed E-state index contributed by atoms with van der Waals surface area (Å²) in [6.07, 6.45) is 7.24. The van der Waals surface area contributed by atoms with Gasteiger partial charge in [-0.2, -0.15) is 8.42 Å². The Morgan fingerprint density at radius 2 is 2.03 bits per heavy atom. The number of anilines is 1. The van der Waals surface area contributed by atoms with E-state index in [4.69, 9.17) is 16.2 Å². The first kappa shape index (κ1) is 24.0. The standard InChI is InChI=1S/C21H28ClN4O3S2/c1-26(2,3)12-4-9-24-11-8-18(23-16-24)15-21-25(10-5-13-31(27,28)29)19-14-17(22)6-7-20(19)30-21/h6-8,11,14-16H,4-5,9-10,12-13H2,1-3H3/q+1/p+1. The SMILES string of the molecule is C[N+](C)(C)CCC[n+]1ccc(C=C2Sc3ccc(Cl)cc3N2CCCS(=O)(=O)O)nc1. The van der Waals surface area contributed by atoms with E-state index in [1.165, 1.54) is 0 Å². The van der Waals surface area contributed by atoms with Crippen LogP contribution in [-0.2, 0) is 16.7 Å². The minimum absolute atomic E-state index is 0.284. The molecule has 0 radical (unpaired) electrons. The van der Waals surface area contributed by atoms with Crippen molar-refractivity contribution in [3.63, 3.8) is 0 Å². The summed E-state index contributed by atoms with van der Waals surface area (Å²) in [5.74, 6) is -0.284. The molecule has 1 aromatic heterocycles. The summed E-state index contributed by atoms with van der Waals surface area (Å²) in [5, 5.41) is 1.57. The van der Waals surface area contributed by atoms with E-state index >= 15 is 0 Å². The van der Waals surface area contributed by atoms with Crippen LogP contribution in [0.15, 0.2) is 46.7 Å². The van der Waals surface area contributed by atoms with Gasteiger partial charge in [-0.3, -0.25) is 4.55 Å². The summed E-state index contributed by atoms with van der Waals surface area (Å²) in [7, 11) is 2.56. The molecule has 31 heavy (non-hydrogen) atoms. The molecule has 3 rings (SSSR count). The number of thioether (sulfide) groups is 1. The molecule has 1 aromatic carbocycles. The Balaban J connectivity index is 1.74. The lowest BCUT2D eigenvalue weighted by Crippen LogP contribution is -2.40. The first-order valence-corrected chi connectivity index (χ1v) is 12.9. The highest BCUT2D eigenvalue weighted by molar-refractivity contribution is 8.03. The molecule has 1 N–H and O–H groups in total. The van der Waals surface area contributed by atoms with Gasteiger partial charge in [0.25, 0.3) is 16.4 Å². The summed E-state index contributed by atoms with van der Waals surface area (Å²) < 4.78 is 34.3. The lowest BCUT2D eigenvalue weighted by Gasteiger charge is -2.23. The quantitative estimate of drug-likeness (QED) is 0.334. The summed E-state index contributed by atoms with van der Waals surface area (Å²) in [4.78, 5) is 7.65. The second-order valence-electron chi connectivity index (χ2n) is 8.58. The molecule has 0 amide bonds. The number of aromatic nitrogens is 2. The highest BCUT2D eigenvalue weighted by atomic mass is 35.5. The maximum Gasteiger partial charge on any atom is 0.286 e. The van der Waals surface area contributed by atoms with E-state index in [0.29, 0.717) is 18.0 Å². The smallest absolute Gasteiger partial charge is 0.286 e. The third kappa shape index (κ3) is 7.47. The van der Waals surface area contributed by atoms with Gasteiger partial charge in [0.2, 0.25) is 0 Å². The number of rotatable bonds is 9. The fourth-order valence-electron chi connectivity index (χ4n) is 3.28. The monoisotopic (exact) mass is 484 g/mol.